The summed E-state index contributed by atoms with van der Waals surface area (Å²) in [7, 11) is -1.11. The van der Waals surface area contributed by atoms with E-state index in [0.29, 0.717) is 0 Å². The van der Waals surface area contributed by atoms with E-state index in [1.807, 2.05) is 0 Å². The first-order chi connectivity index (χ1) is 10.4. The van der Waals surface area contributed by atoms with E-state index in [0.717, 1.165) is 4.31 Å². The van der Waals surface area contributed by atoms with E-state index in [2.05, 4.69) is 0 Å². The van der Waals surface area contributed by atoms with Crippen LogP contribution in [0.4, 0.5) is 11.4 Å². The lowest BCUT2D eigenvalue weighted by molar-refractivity contribution is -0.384. The van der Waals surface area contributed by atoms with Crippen molar-refractivity contribution >= 4 is 21.4 Å². The molecule has 0 aliphatic heterocycles. The van der Waals surface area contributed by atoms with E-state index < -0.39 is 14.9 Å². The van der Waals surface area contributed by atoms with Gasteiger partial charge < -0.3 is 4.74 Å². The SMILES string of the molecule is COc1cc(N(C)S(=O)(=O)c2ccccc2)cc([N+](=O)[O-])c1. The third-order valence-electron chi connectivity index (χ3n) is 3.09. The van der Waals surface area contributed by atoms with Gasteiger partial charge in [-0.05, 0) is 12.1 Å². The van der Waals surface area contributed by atoms with Gasteiger partial charge in [0.2, 0.25) is 0 Å². The molecule has 2 aromatic rings. The third kappa shape index (κ3) is 3.01. The Bertz CT molecular complexity index is 790. The number of benzene rings is 2. The predicted molar refractivity (Wildman–Crippen MR) is 81.7 cm³/mol. The molecule has 2 aromatic carbocycles. The molecule has 0 aliphatic rings. The second kappa shape index (κ2) is 6.02. The third-order valence-corrected chi connectivity index (χ3v) is 4.89. The molecule has 0 bridgehead atoms. The van der Waals surface area contributed by atoms with Gasteiger partial charge in [0, 0.05) is 19.2 Å². The largest absolute Gasteiger partial charge is 0.496 e. The van der Waals surface area contributed by atoms with E-state index in [4.69, 9.17) is 4.74 Å². The summed E-state index contributed by atoms with van der Waals surface area (Å²) in [6, 6.07) is 11.7. The molecule has 0 N–H and O–H groups in total. The van der Waals surface area contributed by atoms with Crippen molar-refractivity contribution in [1.29, 1.82) is 0 Å². The monoisotopic (exact) mass is 322 g/mol. The lowest BCUT2D eigenvalue weighted by Gasteiger charge is -2.20. The maximum absolute atomic E-state index is 12.5. The second-order valence-corrected chi connectivity index (χ2v) is 6.40. The van der Waals surface area contributed by atoms with Gasteiger partial charge in [0.1, 0.15) is 5.75 Å². The number of ether oxygens (including phenoxy) is 1. The number of non-ortho nitro benzene ring substituents is 1. The zero-order chi connectivity index (χ0) is 16.3. The molecule has 116 valence electrons. The van der Waals surface area contributed by atoms with Crippen molar-refractivity contribution < 1.29 is 18.1 Å². The topological polar surface area (TPSA) is 89.8 Å². The lowest BCUT2D eigenvalue weighted by Crippen LogP contribution is -2.26. The van der Waals surface area contributed by atoms with Crippen molar-refractivity contribution in [2.24, 2.45) is 0 Å². The van der Waals surface area contributed by atoms with Gasteiger partial charge >= 0.3 is 0 Å². The first-order valence-electron chi connectivity index (χ1n) is 6.23. The summed E-state index contributed by atoms with van der Waals surface area (Å²) in [4.78, 5) is 10.4. The standard InChI is InChI=1S/C14H14N2O5S/c1-15(22(19,20)14-6-4-3-5-7-14)11-8-12(16(17)18)10-13(9-11)21-2/h3-10H,1-2H3. The summed E-state index contributed by atoms with van der Waals surface area (Å²) in [5.41, 5.74) is -0.0978. The second-order valence-electron chi connectivity index (χ2n) is 4.43. The van der Waals surface area contributed by atoms with Gasteiger partial charge in [0.25, 0.3) is 15.7 Å². The van der Waals surface area contributed by atoms with E-state index >= 15 is 0 Å². The van der Waals surface area contributed by atoms with Crippen LogP contribution in [0.15, 0.2) is 53.4 Å². The van der Waals surface area contributed by atoms with Crippen LogP contribution in [-0.4, -0.2) is 27.5 Å². The number of sulfonamides is 1. The average molecular weight is 322 g/mol. The van der Waals surface area contributed by atoms with E-state index in [-0.39, 0.29) is 22.0 Å². The average Bonchev–Trinajstić information content (AvgIpc) is 2.54. The van der Waals surface area contributed by atoms with Gasteiger partial charge in [-0.3, -0.25) is 14.4 Å². The smallest absolute Gasteiger partial charge is 0.275 e. The summed E-state index contributed by atoms with van der Waals surface area (Å²) in [6.45, 7) is 0. The van der Waals surface area contributed by atoms with Gasteiger partial charge in [-0.2, -0.15) is 0 Å². The van der Waals surface area contributed by atoms with Crippen molar-refractivity contribution in [1.82, 2.24) is 0 Å². The summed E-state index contributed by atoms with van der Waals surface area (Å²) in [6.07, 6.45) is 0. The fourth-order valence-electron chi connectivity index (χ4n) is 1.86. The van der Waals surface area contributed by atoms with Crippen molar-refractivity contribution in [3.05, 3.63) is 58.6 Å². The van der Waals surface area contributed by atoms with Crippen molar-refractivity contribution in [2.75, 3.05) is 18.5 Å². The van der Waals surface area contributed by atoms with Crippen LogP contribution in [0.2, 0.25) is 0 Å². The predicted octanol–water partition coefficient (Wildman–Crippen LogP) is 2.43. The molecule has 0 saturated heterocycles. The lowest BCUT2D eigenvalue weighted by atomic mass is 10.2. The zero-order valence-corrected chi connectivity index (χ0v) is 12.8. The van der Waals surface area contributed by atoms with E-state index in [1.54, 1.807) is 18.2 Å². The van der Waals surface area contributed by atoms with Gasteiger partial charge in [0.05, 0.1) is 28.7 Å². The van der Waals surface area contributed by atoms with Gasteiger partial charge in [-0.15, -0.1) is 0 Å². The van der Waals surface area contributed by atoms with Gasteiger partial charge in [-0.1, -0.05) is 18.2 Å². The van der Waals surface area contributed by atoms with Crippen LogP contribution in [0.5, 0.6) is 5.75 Å². The molecule has 0 fully saturated rings. The zero-order valence-electron chi connectivity index (χ0n) is 12.0. The highest BCUT2D eigenvalue weighted by Gasteiger charge is 2.23. The van der Waals surface area contributed by atoms with Crippen molar-refractivity contribution in [3.8, 4) is 5.75 Å². The Morgan fingerprint density at radius 3 is 2.32 bits per heavy atom. The van der Waals surface area contributed by atoms with Gasteiger partial charge in [-0.25, -0.2) is 8.42 Å². The molecule has 22 heavy (non-hydrogen) atoms. The quantitative estimate of drug-likeness (QED) is 0.623. The first-order valence-corrected chi connectivity index (χ1v) is 7.67. The minimum absolute atomic E-state index is 0.1000. The highest BCUT2D eigenvalue weighted by Crippen LogP contribution is 2.30. The number of anilines is 1. The molecule has 2 rings (SSSR count). The summed E-state index contributed by atoms with van der Waals surface area (Å²) in [5, 5.41) is 10.9. The van der Waals surface area contributed by atoms with Crippen LogP contribution >= 0.6 is 0 Å². The molecule has 0 aromatic heterocycles. The van der Waals surface area contributed by atoms with Crippen LogP contribution in [0.3, 0.4) is 0 Å². The molecular weight excluding hydrogens is 308 g/mol. The minimum atomic E-state index is -3.80. The molecule has 0 atom stereocenters. The fraction of sp³-hybridized carbons (Fsp3) is 0.143. The molecule has 0 heterocycles. The summed E-state index contributed by atoms with van der Waals surface area (Å²) >= 11 is 0. The molecule has 8 heteroatoms. The Morgan fingerprint density at radius 1 is 1.14 bits per heavy atom. The van der Waals surface area contributed by atoms with Crippen LogP contribution in [0.25, 0.3) is 0 Å². The maximum Gasteiger partial charge on any atom is 0.275 e. The summed E-state index contributed by atoms with van der Waals surface area (Å²) < 4.78 is 31.0. The highest BCUT2D eigenvalue weighted by molar-refractivity contribution is 7.92. The molecule has 0 amide bonds. The molecule has 0 unspecified atom stereocenters. The molecule has 0 spiro atoms. The normalized spacial score (nSPS) is 11.0. The molecule has 7 nitrogen and oxygen atoms in total. The number of nitrogens with zero attached hydrogens (tertiary/aromatic N) is 2. The Labute approximate surface area is 128 Å². The molecule has 0 saturated carbocycles. The summed E-state index contributed by atoms with van der Waals surface area (Å²) in [5.74, 6) is 0.208. The van der Waals surface area contributed by atoms with E-state index in [1.165, 1.54) is 44.5 Å². The Morgan fingerprint density at radius 2 is 1.77 bits per heavy atom. The van der Waals surface area contributed by atoms with E-state index in [9.17, 15) is 18.5 Å². The number of methoxy groups -OCH3 is 1. The Hall–Kier alpha value is -2.61. The number of nitro groups is 1. The Balaban J connectivity index is 2.51. The molecule has 0 aliphatic carbocycles. The van der Waals surface area contributed by atoms with Crippen LogP contribution in [-0.2, 0) is 10.0 Å². The number of rotatable bonds is 5. The number of hydrogen-bond donors (Lipinski definition) is 0. The molecular formula is C14H14N2O5S. The van der Waals surface area contributed by atoms with Gasteiger partial charge in [0.15, 0.2) is 0 Å². The fourth-order valence-corrected chi connectivity index (χ4v) is 3.06. The van der Waals surface area contributed by atoms with Crippen LogP contribution in [0, 0.1) is 10.1 Å². The highest BCUT2D eigenvalue weighted by atomic mass is 32.2. The van der Waals surface area contributed by atoms with Crippen LogP contribution in [0.1, 0.15) is 0 Å². The Kier molecular flexibility index (Phi) is 4.32. The number of hydrogen-bond acceptors (Lipinski definition) is 5. The first kappa shape index (κ1) is 15.8. The van der Waals surface area contributed by atoms with Crippen LogP contribution < -0.4 is 9.04 Å². The maximum atomic E-state index is 12.5. The van der Waals surface area contributed by atoms with Crippen molar-refractivity contribution in [3.63, 3.8) is 0 Å². The van der Waals surface area contributed by atoms with Crippen molar-refractivity contribution in [2.45, 2.75) is 4.90 Å². The minimum Gasteiger partial charge on any atom is -0.496 e. The molecule has 0 radical (unpaired) electrons. The number of nitro benzene ring substituents is 1.